The molecule has 0 aliphatic carbocycles. The number of ether oxygens (including phenoxy) is 1. The fourth-order valence-electron chi connectivity index (χ4n) is 1.37. The van der Waals surface area contributed by atoms with Crippen LogP contribution in [0.15, 0.2) is 30.4 Å². The van der Waals surface area contributed by atoms with Gasteiger partial charge < -0.3 is 4.74 Å². The van der Waals surface area contributed by atoms with Crippen molar-refractivity contribution < 1.29 is 35.9 Å². The van der Waals surface area contributed by atoms with E-state index in [0.29, 0.717) is 12.1 Å². The van der Waals surface area contributed by atoms with Gasteiger partial charge in [-0.3, -0.25) is 0 Å². The van der Waals surface area contributed by atoms with Gasteiger partial charge in [-0.05, 0) is 30.7 Å². The SMILES string of the molecule is C=C(C)C(=O)OCc1cc(C(F)(F)F)cc(C(F)(F)F)c1. The van der Waals surface area contributed by atoms with E-state index in [-0.39, 0.29) is 11.6 Å². The first-order valence-corrected chi connectivity index (χ1v) is 5.52. The first-order valence-electron chi connectivity index (χ1n) is 5.52. The van der Waals surface area contributed by atoms with Crippen molar-refractivity contribution >= 4 is 5.97 Å². The van der Waals surface area contributed by atoms with E-state index in [1.807, 2.05) is 0 Å². The number of hydrogen-bond donors (Lipinski definition) is 0. The Morgan fingerprint density at radius 2 is 1.48 bits per heavy atom. The van der Waals surface area contributed by atoms with Gasteiger partial charge in [0.05, 0.1) is 11.1 Å². The summed E-state index contributed by atoms with van der Waals surface area (Å²) in [6.07, 6.45) is -9.87. The summed E-state index contributed by atoms with van der Waals surface area (Å²) in [5.41, 5.74) is -3.35. The zero-order chi connectivity index (χ0) is 16.4. The topological polar surface area (TPSA) is 26.3 Å². The standard InChI is InChI=1S/C13H10F6O2/c1-7(2)11(20)21-6-8-3-9(12(14,15)16)5-10(4-8)13(17,18)19/h3-5H,1,6H2,2H3. The molecule has 0 aliphatic rings. The Bertz CT molecular complexity index is 525. The van der Waals surface area contributed by atoms with Gasteiger partial charge in [0.1, 0.15) is 6.61 Å². The van der Waals surface area contributed by atoms with Crippen LogP contribution in [0.2, 0.25) is 0 Å². The molecule has 0 unspecified atom stereocenters. The highest BCUT2D eigenvalue weighted by Crippen LogP contribution is 2.36. The second-order valence-electron chi connectivity index (χ2n) is 4.27. The molecule has 0 fully saturated rings. The molecule has 0 radical (unpaired) electrons. The molecule has 0 atom stereocenters. The molecule has 1 rings (SSSR count). The summed E-state index contributed by atoms with van der Waals surface area (Å²) < 4.78 is 80.0. The van der Waals surface area contributed by atoms with E-state index in [4.69, 9.17) is 0 Å². The number of halogens is 6. The summed E-state index contributed by atoms with van der Waals surface area (Å²) in [7, 11) is 0. The van der Waals surface area contributed by atoms with Gasteiger partial charge in [-0.2, -0.15) is 26.3 Å². The molecule has 0 saturated carbocycles. The fourth-order valence-corrected chi connectivity index (χ4v) is 1.37. The Morgan fingerprint density at radius 3 is 1.81 bits per heavy atom. The molecule has 116 valence electrons. The lowest BCUT2D eigenvalue weighted by Gasteiger charge is -2.14. The summed E-state index contributed by atoms with van der Waals surface area (Å²) in [6, 6.07) is 1.01. The number of benzene rings is 1. The molecule has 0 bridgehead atoms. The van der Waals surface area contributed by atoms with Crippen molar-refractivity contribution in [2.75, 3.05) is 0 Å². The fraction of sp³-hybridized carbons (Fsp3) is 0.308. The minimum absolute atomic E-state index is 0.00404. The van der Waals surface area contributed by atoms with Gasteiger partial charge in [0.15, 0.2) is 0 Å². The third kappa shape index (κ3) is 4.80. The Kier molecular flexibility index (Phi) is 4.70. The van der Waals surface area contributed by atoms with E-state index in [9.17, 15) is 31.1 Å². The molecule has 0 aliphatic heterocycles. The number of esters is 1. The summed E-state index contributed by atoms with van der Waals surface area (Å²) in [5.74, 6) is -0.902. The summed E-state index contributed by atoms with van der Waals surface area (Å²) >= 11 is 0. The second-order valence-corrected chi connectivity index (χ2v) is 4.27. The maximum absolute atomic E-state index is 12.6. The maximum Gasteiger partial charge on any atom is 0.416 e. The molecule has 0 heterocycles. The number of alkyl halides is 6. The van der Waals surface area contributed by atoms with E-state index in [2.05, 4.69) is 11.3 Å². The van der Waals surface area contributed by atoms with E-state index in [1.54, 1.807) is 0 Å². The van der Waals surface area contributed by atoms with Gasteiger partial charge in [-0.1, -0.05) is 6.58 Å². The van der Waals surface area contributed by atoms with Crippen LogP contribution in [0.5, 0.6) is 0 Å². The van der Waals surface area contributed by atoms with Crippen molar-refractivity contribution in [2.24, 2.45) is 0 Å². The van der Waals surface area contributed by atoms with Crippen LogP contribution in [-0.2, 0) is 28.5 Å². The molecular formula is C13H10F6O2. The monoisotopic (exact) mass is 312 g/mol. The average Bonchev–Trinajstić information content (AvgIpc) is 2.33. The van der Waals surface area contributed by atoms with Crippen molar-refractivity contribution in [3.8, 4) is 0 Å². The normalized spacial score (nSPS) is 12.1. The van der Waals surface area contributed by atoms with Gasteiger partial charge in [0.2, 0.25) is 0 Å². The van der Waals surface area contributed by atoms with Crippen molar-refractivity contribution in [3.05, 3.63) is 47.0 Å². The largest absolute Gasteiger partial charge is 0.457 e. The van der Waals surface area contributed by atoms with Crippen LogP contribution >= 0.6 is 0 Å². The third-order valence-corrected chi connectivity index (χ3v) is 2.37. The minimum atomic E-state index is -4.94. The number of rotatable bonds is 3. The molecule has 8 heteroatoms. The highest BCUT2D eigenvalue weighted by molar-refractivity contribution is 5.86. The van der Waals surface area contributed by atoms with E-state index in [1.165, 1.54) is 6.92 Å². The van der Waals surface area contributed by atoms with Crippen LogP contribution in [0.25, 0.3) is 0 Å². The van der Waals surface area contributed by atoms with Crippen LogP contribution in [0.3, 0.4) is 0 Å². The Balaban J connectivity index is 3.14. The van der Waals surface area contributed by atoms with E-state index >= 15 is 0 Å². The van der Waals surface area contributed by atoms with Gasteiger partial charge >= 0.3 is 18.3 Å². The number of hydrogen-bond acceptors (Lipinski definition) is 2. The van der Waals surface area contributed by atoms with Gasteiger partial charge in [0.25, 0.3) is 0 Å². The zero-order valence-corrected chi connectivity index (χ0v) is 10.7. The Labute approximate surface area is 116 Å². The third-order valence-electron chi connectivity index (χ3n) is 2.37. The molecule has 0 spiro atoms. The van der Waals surface area contributed by atoms with Gasteiger partial charge in [-0.25, -0.2) is 4.79 Å². The van der Waals surface area contributed by atoms with Crippen LogP contribution in [0.4, 0.5) is 26.3 Å². The van der Waals surface area contributed by atoms with E-state index < -0.39 is 41.6 Å². The van der Waals surface area contributed by atoms with Crippen molar-refractivity contribution in [2.45, 2.75) is 25.9 Å². The highest BCUT2D eigenvalue weighted by Gasteiger charge is 2.36. The summed E-state index contributed by atoms with van der Waals surface area (Å²) in [5, 5.41) is 0. The van der Waals surface area contributed by atoms with Crippen LogP contribution in [0.1, 0.15) is 23.6 Å². The van der Waals surface area contributed by atoms with Crippen LogP contribution in [-0.4, -0.2) is 5.97 Å². The van der Waals surface area contributed by atoms with E-state index in [0.717, 1.165) is 0 Å². The number of carbonyl (C=O) groups excluding carboxylic acids is 1. The molecule has 21 heavy (non-hydrogen) atoms. The highest BCUT2D eigenvalue weighted by atomic mass is 19.4. The lowest BCUT2D eigenvalue weighted by atomic mass is 10.1. The Hall–Kier alpha value is -1.99. The van der Waals surface area contributed by atoms with Gasteiger partial charge in [0, 0.05) is 5.57 Å². The average molecular weight is 312 g/mol. The first kappa shape index (κ1) is 17.1. The summed E-state index contributed by atoms with van der Waals surface area (Å²) in [4.78, 5) is 11.1. The number of carbonyl (C=O) groups is 1. The smallest absolute Gasteiger partial charge is 0.416 e. The first-order chi connectivity index (χ1) is 9.41. The quantitative estimate of drug-likeness (QED) is 0.471. The van der Waals surface area contributed by atoms with Crippen LogP contribution in [0, 0.1) is 0 Å². The zero-order valence-electron chi connectivity index (χ0n) is 10.7. The molecular weight excluding hydrogens is 302 g/mol. The van der Waals surface area contributed by atoms with Crippen molar-refractivity contribution in [1.82, 2.24) is 0 Å². The van der Waals surface area contributed by atoms with Crippen LogP contribution < -0.4 is 0 Å². The molecule has 0 N–H and O–H groups in total. The van der Waals surface area contributed by atoms with Crippen molar-refractivity contribution in [1.29, 1.82) is 0 Å². The summed E-state index contributed by atoms with van der Waals surface area (Å²) in [6.45, 7) is 3.84. The molecule has 1 aromatic carbocycles. The molecule has 0 aromatic heterocycles. The Morgan fingerprint density at radius 1 is 1.05 bits per heavy atom. The molecule has 2 nitrogen and oxygen atoms in total. The maximum atomic E-state index is 12.6. The minimum Gasteiger partial charge on any atom is -0.457 e. The predicted octanol–water partition coefficient (Wildman–Crippen LogP) is 4.34. The lowest BCUT2D eigenvalue weighted by molar-refractivity contribution is -0.143. The van der Waals surface area contributed by atoms with Crippen molar-refractivity contribution in [3.63, 3.8) is 0 Å². The second kappa shape index (κ2) is 5.79. The van der Waals surface area contributed by atoms with Gasteiger partial charge in [-0.15, -0.1) is 0 Å². The molecule has 1 aromatic rings. The predicted molar refractivity (Wildman–Crippen MR) is 61.1 cm³/mol. The lowest BCUT2D eigenvalue weighted by Crippen LogP contribution is -2.13. The molecule has 0 amide bonds. The molecule has 0 saturated heterocycles.